The smallest absolute Gasteiger partial charge is 0.135 e. The largest absolute Gasteiger partial charge is 0.299 e. The van der Waals surface area contributed by atoms with E-state index in [1.165, 1.54) is 122 Å². The van der Waals surface area contributed by atoms with E-state index < -0.39 is 0 Å². The van der Waals surface area contributed by atoms with Crippen molar-refractivity contribution in [2.45, 2.75) is 162 Å². The molecule has 0 saturated heterocycles. The molecule has 1 heteroatoms. The van der Waals surface area contributed by atoms with Gasteiger partial charge in [-0.25, -0.2) is 0 Å². The quantitative estimate of drug-likeness (QED) is 0.158. The second-order valence-electron chi connectivity index (χ2n) is 9.27. The minimum Gasteiger partial charge on any atom is -0.299 e. The standard InChI is InChI=1S/C27H54O/c1-4-6-8-10-12-14-15-16-17-18-20-22-24-26(3)27(28)25-23-21-19-13-11-9-7-5-2/h26H,4-25H2,1-3H3. The molecule has 0 N–H and O–H groups in total. The molecular formula is C27H54O. The Hall–Kier alpha value is -0.330. The summed E-state index contributed by atoms with van der Waals surface area (Å²) in [4.78, 5) is 12.2. The molecule has 0 aromatic rings. The van der Waals surface area contributed by atoms with Crippen molar-refractivity contribution in [2.24, 2.45) is 5.92 Å². The minimum absolute atomic E-state index is 0.299. The Labute approximate surface area is 178 Å². The summed E-state index contributed by atoms with van der Waals surface area (Å²) in [6.45, 7) is 6.71. The molecule has 0 rings (SSSR count). The van der Waals surface area contributed by atoms with E-state index in [2.05, 4.69) is 20.8 Å². The van der Waals surface area contributed by atoms with Gasteiger partial charge in [0.2, 0.25) is 0 Å². The molecule has 0 radical (unpaired) electrons. The maximum Gasteiger partial charge on any atom is 0.135 e. The predicted molar refractivity (Wildman–Crippen MR) is 127 cm³/mol. The van der Waals surface area contributed by atoms with Gasteiger partial charge in [-0.15, -0.1) is 0 Å². The van der Waals surface area contributed by atoms with Gasteiger partial charge in [-0.2, -0.15) is 0 Å². The van der Waals surface area contributed by atoms with Crippen molar-refractivity contribution < 1.29 is 4.79 Å². The van der Waals surface area contributed by atoms with Crippen LogP contribution in [0.15, 0.2) is 0 Å². The highest BCUT2D eigenvalue weighted by Crippen LogP contribution is 2.17. The summed E-state index contributed by atoms with van der Waals surface area (Å²) in [5.41, 5.74) is 0. The highest BCUT2D eigenvalue weighted by Gasteiger charge is 2.11. The van der Waals surface area contributed by atoms with Gasteiger partial charge in [0.25, 0.3) is 0 Å². The third-order valence-corrected chi connectivity index (χ3v) is 6.32. The molecular weight excluding hydrogens is 340 g/mol. The summed E-state index contributed by atoms with van der Waals surface area (Å²) in [6, 6.07) is 0. The lowest BCUT2D eigenvalue weighted by atomic mass is 9.94. The Morgan fingerprint density at radius 1 is 0.500 bits per heavy atom. The van der Waals surface area contributed by atoms with E-state index in [4.69, 9.17) is 0 Å². The van der Waals surface area contributed by atoms with Crippen molar-refractivity contribution in [3.05, 3.63) is 0 Å². The lowest BCUT2D eigenvalue weighted by Gasteiger charge is -2.10. The van der Waals surface area contributed by atoms with Crippen LogP contribution in [0.4, 0.5) is 0 Å². The van der Waals surface area contributed by atoms with Crippen molar-refractivity contribution >= 4 is 5.78 Å². The zero-order chi connectivity index (χ0) is 20.7. The molecule has 0 aromatic carbocycles. The first kappa shape index (κ1) is 27.7. The predicted octanol–water partition coefficient (Wildman–Crippen LogP) is 9.81. The normalized spacial score (nSPS) is 12.4. The topological polar surface area (TPSA) is 17.1 Å². The third kappa shape index (κ3) is 20.4. The lowest BCUT2D eigenvalue weighted by Crippen LogP contribution is -2.10. The first-order valence-corrected chi connectivity index (χ1v) is 13.2. The Morgan fingerprint density at radius 3 is 1.21 bits per heavy atom. The van der Waals surface area contributed by atoms with Crippen molar-refractivity contribution in [2.75, 3.05) is 0 Å². The highest BCUT2D eigenvalue weighted by molar-refractivity contribution is 5.80. The molecule has 1 unspecified atom stereocenters. The number of ketones is 1. The highest BCUT2D eigenvalue weighted by atomic mass is 16.1. The Bertz CT molecular complexity index is 309. The number of Topliss-reactive ketones (excluding diaryl/α,β-unsaturated/α-hetero) is 1. The fourth-order valence-electron chi connectivity index (χ4n) is 4.13. The van der Waals surface area contributed by atoms with Gasteiger partial charge >= 0.3 is 0 Å². The molecule has 168 valence electrons. The van der Waals surface area contributed by atoms with Gasteiger partial charge in [0.15, 0.2) is 0 Å². The van der Waals surface area contributed by atoms with Gasteiger partial charge in [0.1, 0.15) is 5.78 Å². The SMILES string of the molecule is CCCCCCCCCCCCCCC(C)C(=O)CCCCCCCCCC. The third-order valence-electron chi connectivity index (χ3n) is 6.32. The van der Waals surface area contributed by atoms with Crippen LogP contribution in [0.25, 0.3) is 0 Å². The van der Waals surface area contributed by atoms with Crippen LogP contribution >= 0.6 is 0 Å². The summed E-state index contributed by atoms with van der Waals surface area (Å²) < 4.78 is 0. The van der Waals surface area contributed by atoms with E-state index in [0.717, 1.165) is 19.3 Å². The van der Waals surface area contributed by atoms with Gasteiger partial charge in [-0.3, -0.25) is 4.79 Å². The summed E-state index contributed by atoms with van der Waals surface area (Å²) in [6.07, 6.45) is 29.2. The summed E-state index contributed by atoms with van der Waals surface area (Å²) >= 11 is 0. The molecule has 0 spiro atoms. The van der Waals surface area contributed by atoms with Crippen LogP contribution < -0.4 is 0 Å². The number of hydrogen-bond acceptors (Lipinski definition) is 1. The number of unbranched alkanes of at least 4 members (excludes halogenated alkanes) is 18. The molecule has 0 bridgehead atoms. The van der Waals surface area contributed by atoms with Gasteiger partial charge in [-0.05, 0) is 12.8 Å². The molecule has 1 nitrogen and oxygen atoms in total. The zero-order valence-corrected chi connectivity index (χ0v) is 20.0. The van der Waals surface area contributed by atoms with Crippen molar-refractivity contribution in [1.82, 2.24) is 0 Å². The van der Waals surface area contributed by atoms with E-state index in [9.17, 15) is 4.79 Å². The molecule has 0 fully saturated rings. The van der Waals surface area contributed by atoms with Crippen LogP contribution in [0.1, 0.15) is 162 Å². The average Bonchev–Trinajstić information content (AvgIpc) is 2.70. The van der Waals surface area contributed by atoms with E-state index >= 15 is 0 Å². The van der Waals surface area contributed by atoms with E-state index in [1.807, 2.05) is 0 Å². The number of hydrogen-bond donors (Lipinski definition) is 0. The second-order valence-corrected chi connectivity index (χ2v) is 9.27. The molecule has 1 atom stereocenters. The molecule has 0 amide bonds. The first-order chi connectivity index (χ1) is 13.7. The summed E-state index contributed by atoms with van der Waals surface area (Å²) in [5.74, 6) is 0.821. The molecule has 28 heavy (non-hydrogen) atoms. The Kier molecular flexibility index (Phi) is 22.7. The van der Waals surface area contributed by atoms with Crippen LogP contribution in [0.5, 0.6) is 0 Å². The van der Waals surface area contributed by atoms with Gasteiger partial charge in [0.05, 0.1) is 0 Å². The number of rotatable bonds is 23. The van der Waals surface area contributed by atoms with Crippen LogP contribution in [0.2, 0.25) is 0 Å². The van der Waals surface area contributed by atoms with Crippen LogP contribution in [-0.4, -0.2) is 5.78 Å². The molecule has 0 aliphatic heterocycles. The average molecular weight is 395 g/mol. The van der Waals surface area contributed by atoms with Crippen LogP contribution in [0, 0.1) is 5.92 Å². The van der Waals surface area contributed by atoms with E-state index in [-0.39, 0.29) is 0 Å². The zero-order valence-electron chi connectivity index (χ0n) is 20.0. The van der Waals surface area contributed by atoms with E-state index in [1.54, 1.807) is 0 Å². The minimum atomic E-state index is 0.299. The van der Waals surface area contributed by atoms with Gasteiger partial charge < -0.3 is 0 Å². The van der Waals surface area contributed by atoms with Crippen LogP contribution in [-0.2, 0) is 4.79 Å². The summed E-state index contributed by atoms with van der Waals surface area (Å²) in [7, 11) is 0. The number of carbonyl (C=O) groups excluding carboxylic acids is 1. The monoisotopic (exact) mass is 394 g/mol. The first-order valence-electron chi connectivity index (χ1n) is 13.2. The van der Waals surface area contributed by atoms with E-state index in [0.29, 0.717) is 11.7 Å². The second kappa shape index (κ2) is 23.0. The number of carbonyl (C=O) groups is 1. The maximum atomic E-state index is 12.2. The molecule has 0 aliphatic carbocycles. The molecule has 0 saturated carbocycles. The fourth-order valence-corrected chi connectivity index (χ4v) is 4.13. The molecule has 0 aliphatic rings. The molecule has 0 heterocycles. The van der Waals surface area contributed by atoms with Crippen LogP contribution in [0.3, 0.4) is 0 Å². The van der Waals surface area contributed by atoms with Gasteiger partial charge in [0, 0.05) is 12.3 Å². The lowest BCUT2D eigenvalue weighted by molar-refractivity contribution is -0.122. The fraction of sp³-hybridized carbons (Fsp3) is 0.963. The molecule has 0 aromatic heterocycles. The van der Waals surface area contributed by atoms with Crippen molar-refractivity contribution in [3.63, 3.8) is 0 Å². The summed E-state index contributed by atoms with van der Waals surface area (Å²) in [5, 5.41) is 0. The Morgan fingerprint density at radius 2 is 0.821 bits per heavy atom. The van der Waals surface area contributed by atoms with Crippen molar-refractivity contribution in [1.29, 1.82) is 0 Å². The Balaban J connectivity index is 3.30. The maximum absolute atomic E-state index is 12.2. The van der Waals surface area contributed by atoms with Gasteiger partial charge in [-0.1, -0.05) is 143 Å². The van der Waals surface area contributed by atoms with Crippen molar-refractivity contribution in [3.8, 4) is 0 Å².